The van der Waals surface area contributed by atoms with Gasteiger partial charge in [0.05, 0.1) is 11.4 Å². The van der Waals surface area contributed by atoms with E-state index in [2.05, 4.69) is 10.5 Å². The van der Waals surface area contributed by atoms with Crippen molar-refractivity contribution < 1.29 is 14.1 Å². The van der Waals surface area contributed by atoms with Crippen LogP contribution in [0.4, 0.5) is 5.69 Å². The molecule has 1 unspecified atom stereocenters. The zero-order valence-electron chi connectivity index (χ0n) is 13.4. The van der Waals surface area contributed by atoms with Crippen molar-refractivity contribution in [2.45, 2.75) is 20.0 Å². The smallest absolute Gasteiger partial charge is 0.270 e. The van der Waals surface area contributed by atoms with Crippen molar-refractivity contribution in [3.63, 3.8) is 0 Å². The van der Waals surface area contributed by atoms with Crippen LogP contribution in [0.15, 0.2) is 53.1 Å². The van der Waals surface area contributed by atoms with Gasteiger partial charge in [0.1, 0.15) is 11.5 Å². The molecule has 1 aliphatic rings. The molecule has 0 aliphatic carbocycles. The molecular formula is C19H16N2O3. The SMILES string of the molecule is Cc1noc(C)c1-c1ccc2c(c1)OC(c1ccccc1)C(=O)N2. The minimum Gasteiger partial charge on any atom is -0.474 e. The van der Waals surface area contributed by atoms with Crippen LogP contribution >= 0.6 is 0 Å². The van der Waals surface area contributed by atoms with Crippen LogP contribution in [0.5, 0.6) is 5.75 Å². The lowest BCUT2D eigenvalue weighted by atomic mass is 10.0. The van der Waals surface area contributed by atoms with Crippen molar-refractivity contribution >= 4 is 11.6 Å². The number of hydrogen-bond donors (Lipinski definition) is 1. The molecule has 120 valence electrons. The fourth-order valence-corrected chi connectivity index (χ4v) is 3.00. The van der Waals surface area contributed by atoms with Crippen LogP contribution in [0.25, 0.3) is 11.1 Å². The highest BCUT2D eigenvalue weighted by molar-refractivity contribution is 5.98. The lowest BCUT2D eigenvalue weighted by Crippen LogP contribution is -2.30. The summed E-state index contributed by atoms with van der Waals surface area (Å²) in [5.41, 5.74) is 4.22. The maximum atomic E-state index is 12.3. The second kappa shape index (κ2) is 5.53. The first-order valence-corrected chi connectivity index (χ1v) is 7.73. The van der Waals surface area contributed by atoms with E-state index in [0.29, 0.717) is 11.4 Å². The third kappa shape index (κ3) is 2.34. The fraction of sp³-hybridized carbons (Fsp3) is 0.158. The van der Waals surface area contributed by atoms with Gasteiger partial charge in [-0.2, -0.15) is 0 Å². The maximum absolute atomic E-state index is 12.3. The summed E-state index contributed by atoms with van der Waals surface area (Å²) in [5.74, 6) is 1.23. The zero-order chi connectivity index (χ0) is 16.7. The average molecular weight is 320 g/mol. The molecule has 0 radical (unpaired) electrons. The molecule has 1 amide bonds. The average Bonchev–Trinajstić information content (AvgIpc) is 2.93. The molecule has 1 aromatic heterocycles. The number of nitrogens with one attached hydrogen (secondary N) is 1. The van der Waals surface area contributed by atoms with Crippen LogP contribution < -0.4 is 10.1 Å². The Balaban J connectivity index is 1.74. The van der Waals surface area contributed by atoms with Crippen molar-refractivity contribution in [1.29, 1.82) is 0 Å². The second-order valence-corrected chi connectivity index (χ2v) is 5.81. The normalized spacial score (nSPS) is 16.2. The first-order valence-electron chi connectivity index (χ1n) is 7.73. The quantitative estimate of drug-likeness (QED) is 0.774. The standard InChI is InChI=1S/C19H16N2O3/c1-11-17(12(2)24-21-11)14-8-9-15-16(10-14)23-18(19(22)20-15)13-6-4-3-5-7-13/h3-10,18H,1-2H3,(H,20,22). The van der Waals surface area contributed by atoms with Crippen molar-refractivity contribution in [3.8, 4) is 16.9 Å². The summed E-state index contributed by atoms with van der Waals surface area (Å²) in [7, 11) is 0. The molecule has 0 spiro atoms. The minimum atomic E-state index is -0.654. The molecule has 1 atom stereocenters. The van der Waals surface area contributed by atoms with Crippen LogP contribution in [0, 0.1) is 13.8 Å². The van der Waals surface area contributed by atoms with Gasteiger partial charge in [-0.1, -0.05) is 41.6 Å². The molecule has 5 heteroatoms. The van der Waals surface area contributed by atoms with E-state index in [9.17, 15) is 4.79 Å². The van der Waals surface area contributed by atoms with Crippen molar-refractivity contribution in [2.75, 3.05) is 5.32 Å². The number of fused-ring (bicyclic) bond motifs is 1. The summed E-state index contributed by atoms with van der Waals surface area (Å²) in [6.45, 7) is 3.78. The molecule has 2 aromatic carbocycles. The summed E-state index contributed by atoms with van der Waals surface area (Å²) >= 11 is 0. The van der Waals surface area contributed by atoms with Crippen molar-refractivity contribution in [3.05, 3.63) is 65.5 Å². The van der Waals surface area contributed by atoms with Crippen molar-refractivity contribution in [2.24, 2.45) is 0 Å². The summed E-state index contributed by atoms with van der Waals surface area (Å²) in [6, 6.07) is 15.1. The molecule has 2 heterocycles. The van der Waals surface area contributed by atoms with E-state index < -0.39 is 6.10 Å². The number of carbonyl (C=O) groups is 1. The number of carbonyl (C=O) groups excluding carboxylic acids is 1. The zero-order valence-corrected chi connectivity index (χ0v) is 13.4. The number of anilines is 1. The van der Waals surface area contributed by atoms with Crippen LogP contribution in [-0.2, 0) is 4.79 Å². The van der Waals surface area contributed by atoms with E-state index in [0.717, 1.165) is 28.1 Å². The van der Waals surface area contributed by atoms with Gasteiger partial charge in [-0.05, 0) is 31.5 Å². The van der Waals surface area contributed by atoms with E-state index in [1.54, 1.807) is 0 Å². The molecule has 5 nitrogen and oxygen atoms in total. The molecule has 0 fully saturated rings. The first kappa shape index (κ1) is 14.5. The largest absolute Gasteiger partial charge is 0.474 e. The predicted molar refractivity (Wildman–Crippen MR) is 89.9 cm³/mol. The van der Waals surface area contributed by atoms with Gasteiger partial charge < -0.3 is 14.6 Å². The Bertz CT molecular complexity index is 896. The number of amides is 1. The van der Waals surface area contributed by atoms with Gasteiger partial charge in [0.15, 0.2) is 0 Å². The minimum absolute atomic E-state index is 0.168. The third-order valence-corrected chi connectivity index (χ3v) is 4.15. The Morgan fingerprint density at radius 1 is 1.08 bits per heavy atom. The Labute approximate surface area is 139 Å². The van der Waals surface area contributed by atoms with Gasteiger partial charge in [-0.15, -0.1) is 0 Å². The third-order valence-electron chi connectivity index (χ3n) is 4.15. The van der Waals surface area contributed by atoms with E-state index >= 15 is 0 Å². The van der Waals surface area contributed by atoms with Crippen molar-refractivity contribution in [1.82, 2.24) is 5.16 Å². The number of aromatic nitrogens is 1. The lowest BCUT2D eigenvalue weighted by molar-refractivity contribution is -0.123. The lowest BCUT2D eigenvalue weighted by Gasteiger charge is -2.26. The van der Waals surface area contributed by atoms with E-state index in [-0.39, 0.29) is 5.91 Å². The topological polar surface area (TPSA) is 64.4 Å². The Morgan fingerprint density at radius 2 is 1.88 bits per heavy atom. The number of rotatable bonds is 2. The Hall–Kier alpha value is -3.08. The number of benzene rings is 2. The fourth-order valence-electron chi connectivity index (χ4n) is 3.00. The molecule has 1 aliphatic heterocycles. The molecule has 1 N–H and O–H groups in total. The van der Waals surface area contributed by atoms with Gasteiger partial charge in [-0.3, -0.25) is 4.79 Å². The van der Waals surface area contributed by atoms with Crippen LogP contribution in [0.1, 0.15) is 23.1 Å². The van der Waals surface area contributed by atoms with Gasteiger partial charge in [0.25, 0.3) is 5.91 Å². The first-order chi connectivity index (χ1) is 11.6. The highest BCUT2D eigenvalue weighted by Crippen LogP contribution is 2.39. The number of nitrogens with zero attached hydrogens (tertiary/aromatic N) is 1. The molecule has 0 bridgehead atoms. The number of aryl methyl sites for hydroxylation is 2. The summed E-state index contributed by atoms with van der Waals surface area (Å²) < 4.78 is 11.2. The van der Waals surface area contributed by atoms with Crippen LogP contribution in [-0.4, -0.2) is 11.1 Å². The Morgan fingerprint density at radius 3 is 2.58 bits per heavy atom. The monoisotopic (exact) mass is 320 g/mol. The van der Waals surface area contributed by atoms with Gasteiger partial charge in [-0.25, -0.2) is 0 Å². The molecule has 0 saturated heterocycles. The predicted octanol–water partition coefficient (Wildman–Crippen LogP) is 4.03. The maximum Gasteiger partial charge on any atom is 0.270 e. The van der Waals surface area contributed by atoms with Crippen LogP contribution in [0.2, 0.25) is 0 Å². The van der Waals surface area contributed by atoms with Gasteiger partial charge in [0.2, 0.25) is 6.10 Å². The summed E-state index contributed by atoms with van der Waals surface area (Å²) in [6.07, 6.45) is -0.654. The molecule has 24 heavy (non-hydrogen) atoms. The summed E-state index contributed by atoms with van der Waals surface area (Å²) in [4.78, 5) is 12.3. The summed E-state index contributed by atoms with van der Waals surface area (Å²) in [5, 5.41) is 6.90. The molecule has 4 rings (SSSR count). The second-order valence-electron chi connectivity index (χ2n) is 5.81. The Kier molecular flexibility index (Phi) is 3.34. The molecule has 3 aromatic rings. The van der Waals surface area contributed by atoms with E-state index in [1.165, 1.54) is 0 Å². The van der Waals surface area contributed by atoms with Gasteiger partial charge in [0, 0.05) is 11.1 Å². The number of ether oxygens (including phenoxy) is 1. The highest BCUT2D eigenvalue weighted by Gasteiger charge is 2.29. The van der Waals surface area contributed by atoms with E-state index in [4.69, 9.17) is 9.26 Å². The van der Waals surface area contributed by atoms with E-state index in [1.807, 2.05) is 62.4 Å². The highest BCUT2D eigenvalue weighted by atomic mass is 16.5. The molecule has 0 saturated carbocycles. The number of hydrogen-bond acceptors (Lipinski definition) is 4. The van der Waals surface area contributed by atoms with Crippen LogP contribution in [0.3, 0.4) is 0 Å². The molecular weight excluding hydrogens is 304 g/mol. The van der Waals surface area contributed by atoms with Gasteiger partial charge >= 0.3 is 0 Å².